The monoisotopic (exact) mass is 1210 g/mol. The molecule has 0 saturated heterocycles. The highest BCUT2D eigenvalue weighted by Gasteiger charge is 2.13. The average Bonchev–Trinajstić information content (AvgIpc) is 3.67. The van der Waals surface area contributed by atoms with Crippen molar-refractivity contribution in [3.63, 3.8) is 0 Å². The maximum Gasteiger partial charge on any atom is 0.145 e. The number of nitrogens with zero attached hydrogens (tertiary/aromatic N) is 6. The van der Waals surface area contributed by atoms with E-state index < -0.39 is 0 Å². The maximum absolute atomic E-state index is 13.5. The fourth-order valence-electron chi connectivity index (χ4n) is 8.95. The van der Waals surface area contributed by atoms with Gasteiger partial charge in [-0.15, -0.1) is 0 Å². The molecule has 4 aromatic heterocycles. The van der Waals surface area contributed by atoms with Gasteiger partial charge in [0.05, 0.1) is 17.0 Å². The molecular weight excluding hydrogens is 1090 g/mol. The van der Waals surface area contributed by atoms with Crippen LogP contribution in [0.1, 0.15) is 366 Å². The first-order valence-electron chi connectivity index (χ1n) is 33.3. The van der Waals surface area contributed by atoms with E-state index in [0.29, 0.717) is 82.3 Å². The molecule has 8 heteroatoms. The fourth-order valence-corrected chi connectivity index (χ4v) is 8.95. The summed E-state index contributed by atoms with van der Waals surface area (Å²) in [6.07, 6.45) is 9.48. The van der Waals surface area contributed by atoms with Crippen LogP contribution in [0.4, 0.5) is 8.78 Å². The molecule has 89 heavy (non-hydrogen) atoms. The molecule has 0 aliphatic heterocycles. The molecule has 0 amide bonds. The van der Waals surface area contributed by atoms with Gasteiger partial charge < -0.3 is 0 Å². The molecule has 0 fully saturated rings. The second-order valence-electron chi connectivity index (χ2n) is 28.1. The van der Waals surface area contributed by atoms with Crippen LogP contribution in [0.5, 0.6) is 0 Å². The van der Waals surface area contributed by atoms with Crippen molar-refractivity contribution in [2.45, 2.75) is 284 Å². The van der Waals surface area contributed by atoms with E-state index in [1.54, 1.807) is 18.3 Å². The Balaban J connectivity index is 0.000000519. The number of benzene rings is 3. The molecule has 0 atom stereocenters. The van der Waals surface area contributed by atoms with Gasteiger partial charge in [0.25, 0.3) is 0 Å². The Hall–Kier alpha value is -6.46. The van der Waals surface area contributed by atoms with E-state index in [4.69, 9.17) is 5.26 Å². The minimum absolute atomic E-state index is 0.0683. The predicted molar refractivity (Wildman–Crippen MR) is 381 cm³/mol. The normalized spacial score (nSPS) is 11.1. The Bertz CT molecular complexity index is 2760. The highest BCUT2D eigenvalue weighted by atomic mass is 19.1. The van der Waals surface area contributed by atoms with Crippen LogP contribution in [0.3, 0.4) is 0 Å². The number of rotatable bonds is 14. The maximum atomic E-state index is 13.5. The minimum atomic E-state index is -0.179. The summed E-state index contributed by atoms with van der Waals surface area (Å²) in [5.74, 6) is 7.20. The van der Waals surface area contributed by atoms with E-state index in [0.717, 1.165) is 33.8 Å². The van der Waals surface area contributed by atoms with E-state index in [1.165, 1.54) is 44.6 Å². The molecule has 0 radical (unpaired) electrons. The molecule has 0 aliphatic rings. The summed E-state index contributed by atoms with van der Waals surface area (Å²) < 4.78 is 26.9. The summed E-state index contributed by atoms with van der Waals surface area (Å²) >= 11 is 0. The number of hydrogen-bond acceptors (Lipinski definition) is 6. The Morgan fingerprint density at radius 3 is 0.966 bits per heavy atom. The van der Waals surface area contributed by atoms with Gasteiger partial charge in [0.15, 0.2) is 0 Å². The van der Waals surface area contributed by atoms with Crippen LogP contribution in [0.25, 0.3) is 0 Å². The lowest BCUT2D eigenvalue weighted by atomic mass is 9.93. The Morgan fingerprint density at radius 2 is 0.640 bits per heavy atom. The number of aromatic nitrogens is 5. The van der Waals surface area contributed by atoms with Crippen molar-refractivity contribution in [1.29, 1.82) is 5.26 Å². The van der Waals surface area contributed by atoms with Crippen molar-refractivity contribution in [2.75, 3.05) is 0 Å². The van der Waals surface area contributed by atoms with Crippen molar-refractivity contribution in [3.05, 3.63) is 217 Å². The summed E-state index contributed by atoms with van der Waals surface area (Å²) in [4.78, 5) is 21.4. The van der Waals surface area contributed by atoms with Gasteiger partial charge in [-0.25, -0.2) is 18.7 Å². The number of halogens is 2. The number of hydrogen-bond donors (Lipinski definition) is 0. The van der Waals surface area contributed by atoms with Crippen LogP contribution in [0.2, 0.25) is 0 Å². The van der Waals surface area contributed by atoms with Crippen molar-refractivity contribution >= 4 is 0 Å². The summed E-state index contributed by atoms with van der Waals surface area (Å²) in [7, 11) is 0. The average molecular weight is 1220 g/mol. The lowest BCUT2D eigenvalue weighted by molar-refractivity contribution is 0.579. The first-order valence-corrected chi connectivity index (χ1v) is 33.3. The Morgan fingerprint density at radius 1 is 0.292 bits per heavy atom. The van der Waals surface area contributed by atoms with Gasteiger partial charge in [-0.1, -0.05) is 255 Å². The smallest absolute Gasteiger partial charge is 0.145 e. The number of nitriles is 1. The molecule has 0 N–H and O–H groups in total. The van der Waals surface area contributed by atoms with E-state index in [-0.39, 0.29) is 23.5 Å². The van der Waals surface area contributed by atoms with E-state index in [1.807, 2.05) is 84.5 Å². The van der Waals surface area contributed by atoms with Gasteiger partial charge in [-0.05, 0) is 169 Å². The first-order chi connectivity index (χ1) is 41.4. The van der Waals surface area contributed by atoms with E-state index in [2.05, 4.69) is 245 Å². The van der Waals surface area contributed by atoms with Gasteiger partial charge in [0.1, 0.15) is 23.5 Å². The summed E-state index contributed by atoms with van der Waals surface area (Å²) in [6.45, 7) is 61.7. The first kappa shape index (κ1) is 80.6. The van der Waals surface area contributed by atoms with Gasteiger partial charge >= 0.3 is 0 Å². The van der Waals surface area contributed by atoms with Crippen LogP contribution in [-0.4, -0.2) is 24.9 Å². The van der Waals surface area contributed by atoms with Gasteiger partial charge in [0.2, 0.25) is 0 Å². The molecule has 3 aromatic carbocycles. The number of aryl methyl sites for hydroxylation is 1. The zero-order valence-electron chi connectivity index (χ0n) is 61.0. The molecule has 7 aromatic rings. The molecule has 7 rings (SSSR count). The van der Waals surface area contributed by atoms with E-state index >= 15 is 0 Å². The quantitative estimate of drug-likeness (QED) is 0.108. The third-order valence-electron chi connectivity index (χ3n) is 15.5. The molecule has 0 saturated carbocycles. The zero-order valence-corrected chi connectivity index (χ0v) is 61.0. The van der Waals surface area contributed by atoms with Gasteiger partial charge in [-0.3, -0.25) is 15.0 Å². The highest BCUT2D eigenvalue weighted by molar-refractivity contribution is 5.38. The lowest BCUT2D eigenvalue weighted by Crippen LogP contribution is -2.00. The topological polar surface area (TPSA) is 88.2 Å². The van der Waals surface area contributed by atoms with Crippen molar-refractivity contribution in [2.24, 2.45) is 0 Å². The van der Waals surface area contributed by atoms with Crippen molar-refractivity contribution < 1.29 is 8.78 Å². The van der Waals surface area contributed by atoms with Crippen LogP contribution >= 0.6 is 0 Å². The third-order valence-corrected chi connectivity index (χ3v) is 15.5. The summed E-state index contributed by atoms with van der Waals surface area (Å²) in [5, 5.41) is 8.98. The Labute approximate surface area is 543 Å². The van der Waals surface area contributed by atoms with Crippen molar-refractivity contribution in [3.8, 4) is 6.07 Å². The SMILES string of the molecule is CC(C)c1ccc(C(C)C)c(F)c1.CC(C)c1ccc(C(C)C)cc1.CC(C)c1ccc(C(C)C)nc1.CC(C)c1cnc(C(C)C)c(C#N)c1.CC(C)c1cnc(C(C)C)c(F)c1.CC(C)c1cnc(C(C)C)nc1.Cc1cc(C(C)C)ccc1C(C)C. The highest BCUT2D eigenvalue weighted by Crippen LogP contribution is 2.27. The standard InChI is InChI=1S/C13H20.C12H17F.C12H16N2.C12H18.C11H16FN.C11H17N.C10H16N2/c1-9(2)12-6-7-13(10(3)4)11(5)8-12;1-8(2)10-5-6-11(9(3)4)12(13)7-10;1-8(2)11-5-10(6-13)12(9(3)4)14-7-11;1-9(2)11-5-7-12(8-6-11)10(3)4;1-7(2)9-5-10(12)11(8(3)4)13-6-9;1-8(2)10-5-6-11(9(3)4)12-7-10;1-7(2)9-5-11-10(8(3)4)12-6-9/h6-10H,1-5H3;5-9H,1-4H3;5,7-9H,1-4H3;5-10H,1-4H3;5-8H,1-4H3;5-9H,1-4H3;5-8H,1-4H3. The van der Waals surface area contributed by atoms with Crippen LogP contribution in [-0.2, 0) is 0 Å². The molecular formula is C81H120F2N6. The molecule has 0 spiro atoms. The molecule has 0 aliphatic carbocycles. The molecule has 0 bridgehead atoms. The minimum Gasteiger partial charge on any atom is -0.261 e. The zero-order chi connectivity index (χ0) is 68.2. The van der Waals surface area contributed by atoms with E-state index in [9.17, 15) is 8.78 Å². The van der Waals surface area contributed by atoms with Gasteiger partial charge in [0, 0.05) is 42.6 Å². The largest absolute Gasteiger partial charge is 0.261 e. The second-order valence-corrected chi connectivity index (χ2v) is 28.1. The lowest BCUT2D eigenvalue weighted by Gasteiger charge is -2.13. The van der Waals surface area contributed by atoms with Crippen LogP contribution in [0.15, 0.2) is 116 Å². The second kappa shape index (κ2) is 40.3. The van der Waals surface area contributed by atoms with Crippen LogP contribution in [0, 0.1) is 29.9 Å². The number of pyridine rings is 3. The van der Waals surface area contributed by atoms with Crippen molar-refractivity contribution in [1.82, 2.24) is 24.9 Å². The molecule has 488 valence electrons. The summed E-state index contributed by atoms with van der Waals surface area (Å²) in [5.41, 5.74) is 17.1. The predicted octanol–water partition coefficient (Wildman–Crippen LogP) is 25.0. The molecule has 6 nitrogen and oxygen atoms in total. The van der Waals surface area contributed by atoms with Crippen LogP contribution < -0.4 is 0 Å². The molecule has 0 unspecified atom stereocenters. The summed E-state index contributed by atoms with van der Waals surface area (Å²) in [6, 6.07) is 31.4. The molecule has 4 heterocycles. The Kier molecular flexibility index (Phi) is 36.5. The third kappa shape index (κ3) is 28.9. The fraction of sp³-hybridized carbons (Fsp3) is 0.531. The van der Waals surface area contributed by atoms with Gasteiger partial charge in [-0.2, -0.15) is 5.26 Å².